The number of aromatic nitrogens is 2. The van der Waals surface area contributed by atoms with Crippen LogP contribution in [-0.4, -0.2) is 44.0 Å². The van der Waals surface area contributed by atoms with Gasteiger partial charge in [0.1, 0.15) is 11.7 Å². The Balaban J connectivity index is 2.22. The molecule has 16 heavy (non-hydrogen) atoms. The van der Waals surface area contributed by atoms with Crippen molar-refractivity contribution in [2.24, 2.45) is 7.05 Å². The third-order valence-electron chi connectivity index (χ3n) is 2.83. The molecular formula is C10H13N3O3. The predicted octanol–water partition coefficient (Wildman–Crippen LogP) is 0.109. The van der Waals surface area contributed by atoms with E-state index in [2.05, 4.69) is 4.98 Å². The number of nitrogens with zero attached hydrogens (tertiary/aromatic N) is 3. The Morgan fingerprint density at radius 3 is 2.88 bits per heavy atom. The van der Waals surface area contributed by atoms with Gasteiger partial charge in [-0.15, -0.1) is 0 Å². The van der Waals surface area contributed by atoms with Crippen molar-refractivity contribution in [3.05, 3.63) is 18.2 Å². The Morgan fingerprint density at radius 2 is 2.31 bits per heavy atom. The van der Waals surface area contributed by atoms with E-state index in [0.717, 1.165) is 6.42 Å². The van der Waals surface area contributed by atoms with E-state index in [1.165, 1.54) is 17.4 Å². The van der Waals surface area contributed by atoms with Crippen LogP contribution < -0.4 is 0 Å². The van der Waals surface area contributed by atoms with Gasteiger partial charge in [0.2, 0.25) is 0 Å². The van der Waals surface area contributed by atoms with E-state index < -0.39 is 12.0 Å². The minimum Gasteiger partial charge on any atom is -0.480 e. The Hall–Kier alpha value is -1.85. The van der Waals surface area contributed by atoms with Crippen LogP contribution in [0.4, 0.5) is 0 Å². The zero-order valence-electron chi connectivity index (χ0n) is 8.96. The van der Waals surface area contributed by atoms with E-state index in [1.54, 1.807) is 11.6 Å². The lowest BCUT2D eigenvalue weighted by Gasteiger charge is -2.21. The van der Waals surface area contributed by atoms with Crippen molar-refractivity contribution in [2.45, 2.75) is 18.9 Å². The van der Waals surface area contributed by atoms with Gasteiger partial charge in [0.15, 0.2) is 0 Å². The molecule has 1 atom stereocenters. The number of imidazole rings is 1. The van der Waals surface area contributed by atoms with Crippen LogP contribution in [0.15, 0.2) is 12.5 Å². The summed E-state index contributed by atoms with van der Waals surface area (Å²) in [5.74, 6) is -1.20. The van der Waals surface area contributed by atoms with Crippen LogP contribution in [0.25, 0.3) is 0 Å². The molecule has 86 valence electrons. The average molecular weight is 223 g/mol. The fraction of sp³-hybridized carbons (Fsp3) is 0.500. The second-order valence-electron chi connectivity index (χ2n) is 3.88. The first-order valence-corrected chi connectivity index (χ1v) is 5.11. The number of rotatable bonds is 2. The summed E-state index contributed by atoms with van der Waals surface area (Å²) in [6.45, 7) is 0.501. The molecule has 0 saturated carbocycles. The largest absolute Gasteiger partial charge is 0.480 e. The molecule has 0 spiro atoms. The monoisotopic (exact) mass is 223 g/mol. The Labute approximate surface area is 92.5 Å². The summed E-state index contributed by atoms with van der Waals surface area (Å²) in [6.07, 6.45) is 4.25. The van der Waals surface area contributed by atoms with Crippen molar-refractivity contribution in [2.75, 3.05) is 6.54 Å². The molecule has 1 aromatic rings. The SMILES string of the molecule is Cn1cncc1C(=O)N1CCCC1C(=O)O. The van der Waals surface area contributed by atoms with Gasteiger partial charge in [-0.2, -0.15) is 0 Å². The highest BCUT2D eigenvalue weighted by molar-refractivity contribution is 5.95. The number of likely N-dealkylation sites (tertiary alicyclic amines) is 1. The zero-order valence-corrected chi connectivity index (χ0v) is 8.96. The number of carboxylic acid groups (broad SMARTS) is 1. The summed E-state index contributed by atoms with van der Waals surface area (Å²) in [6, 6.07) is -0.692. The molecule has 0 aliphatic carbocycles. The molecule has 1 amide bonds. The average Bonchev–Trinajstić information content (AvgIpc) is 2.84. The lowest BCUT2D eigenvalue weighted by Crippen LogP contribution is -2.41. The molecule has 6 heteroatoms. The minimum atomic E-state index is -0.937. The second-order valence-corrected chi connectivity index (χ2v) is 3.88. The molecule has 1 aromatic heterocycles. The smallest absolute Gasteiger partial charge is 0.326 e. The molecule has 1 N–H and O–H groups in total. The van der Waals surface area contributed by atoms with Crippen LogP contribution in [0.3, 0.4) is 0 Å². The predicted molar refractivity (Wildman–Crippen MR) is 54.9 cm³/mol. The van der Waals surface area contributed by atoms with Crippen molar-refractivity contribution in [3.63, 3.8) is 0 Å². The molecule has 6 nitrogen and oxygen atoms in total. The number of carbonyl (C=O) groups is 2. The highest BCUT2D eigenvalue weighted by Crippen LogP contribution is 2.19. The van der Waals surface area contributed by atoms with Gasteiger partial charge in [-0.3, -0.25) is 4.79 Å². The van der Waals surface area contributed by atoms with Crippen LogP contribution in [0.2, 0.25) is 0 Å². The van der Waals surface area contributed by atoms with E-state index >= 15 is 0 Å². The van der Waals surface area contributed by atoms with Gasteiger partial charge in [-0.05, 0) is 12.8 Å². The molecule has 1 saturated heterocycles. The summed E-state index contributed by atoms with van der Waals surface area (Å²) in [5, 5.41) is 8.98. The number of aryl methyl sites for hydroxylation is 1. The molecule has 1 aliphatic heterocycles. The Morgan fingerprint density at radius 1 is 1.56 bits per heavy atom. The molecule has 0 aromatic carbocycles. The van der Waals surface area contributed by atoms with Gasteiger partial charge < -0.3 is 14.6 Å². The van der Waals surface area contributed by atoms with Crippen LogP contribution in [-0.2, 0) is 11.8 Å². The Bertz CT molecular complexity index is 427. The fourth-order valence-electron chi connectivity index (χ4n) is 1.98. The van der Waals surface area contributed by atoms with Gasteiger partial charge in [-0.25, -0.2) is 9.78 Å². The van der Waals surface area contributed by atoms with Gasteiger partial charge in [0.25, 0.3) is 5.91 Å². The van der Waals surface area contributed by atoms with Crippen molar-refractivity contribution < 1.29 is 14.7 Å². The second kappa shape index (κ2) is 3.96. The first-order chi connectivity index (χ1) is 7.61. The summed E-state index contributed by atoms with van der Waals surface area (Å²) >= 11 is 0. The van der Waals surface area contributed by atoms with Crippen molar-refractivity contribution in [1.29, 1.82) is 0 Å². The number of hydrogen-bond acceptors (Lipinski definition) is 3. The van der Waals surface area contributed by atoms with E-state index in [0.29, 0.717) is 18.7 Å². The summed E-state index contributed by atoms with van der Waals surface area (Å²) in [7, 11) is 1.71. The number of carbonyl (C=O) groups excluding carboxylic acids is 1. The highest BCUT2D eigenvalue weighted by atomic mass is 16.4. The van der Waals surface area contributed by atoms with Gasteiger partial charge >= 0.3 is 5.97 Å². The molecule has 1 fully saturated rings. The standard InChI is InChI=1S/C10H13N3O3/c1-12-6-11-5-8(12)9(14)13-4-2-3-7(13)10(15)16/h5-7H,2-4H2,1H3,(H,15,16). The zero-order chi connectivity index (χ0) is 11.7. The van der Waals surface area contributed by atoms with Crippen LogP contribution in [0, 0.1) is 0 Å². The van der Waals surface area contributed by atoms with Crippen LogP contribution in [0.1, 0.15) is 23.3 Å². The fourth-order valence-corrected chi connectivity index (χ4v) is 1.98. The van der Waals surface area contributed by atoms with E-state index in [-0.39, 0.29) is 5.91 Å². The summed E-state index contributed by atoms with van der Waals surface area (Å²) in [4.78, 5) is 28.3. The molecule has 1 unspecified atom stereocenters. The van der Waals surface area contributed by atoms with E-state index in [9.17, 15) is 9.59 Å². The molecule has 1 aliphatic rings. The maximum absolute atomic E-state index is 12.0. The lowest BCUT2D eigenvalue weighted by atomic mass is 10.2. The van der Waals surface area contributed by atoms with Gasteiger partial charge in [-0.1, -0.05) is 0 Å². The first kappa shape index (κ1) is 10.7. The molecule has 2 heterocycles. The number of aliphatic carboxylic acids is 1. The van der Waals surface area contributed by atoms with Gasteiger partial charge in [0.05, 0.1) is 12.5 Å². The molecule has 2 rings (SSSR count). The van der Waals surface area contributed by atoms with Crippen molar-refractivity contribution >= 4 is 11.9 Å². The topological polar surface area (TPSA) is 75.4 Å². The van der Waals surface area contributed by atoms with Crippen LogP contribution in [0.5, 0.6) is 0 Å². The van der Waals surface area contributed by atoms with E-state index in [1.807, 2.05) is 0 Å². The van der Waals surface area contributed by atoms with Gasteiger partial charge in [0, 0.05) is 13.6 Å². The Kier molecular flexibility index (Phi) is 2.64. The number of carboxylic acids is 1. The maximum atomic E-state index is 12.0. The third kappa shape index (κ3) is 1.66. The van der Waals surface area contributed by atoms with Crippen LogP contribution >= 0.6 is 0 Å². The first-order valence-electron chi connectivity index (χ1n) is 5.11. The molecular weight excluding hydrogens is 210 g/mol. The van der Waals surface area contributed by atoms with Crippen molar-refractivity contribution in [1.82, 2.24) is 14.5 Å². The molecule has 0 bridgehead atoms. The lowest BCUT2D eigenvalue weighted by molar-refractivity contribution is -0.141. The number of hydrogen-bond donors (Lipinski definition) is 1. The van der Waals surface area contributed by atoms with Crippen molar-refractivity contribution in [3.8, 4) is 0 Å². The third-order valence-corrected chi connectivity index (χ3v) is 2.83. The molecule has 0 radical (unpaired) electrons. The minimum absolute atomic E-state index is 0.259. The highest BCUT2D eigenvalue weighted by Gasteiger charge is 2.35. The summed E-state index contributed by atoms with van der Waals surface area (Å²) < 4.78 is 1.60. The quantitative estimate of drug-likeness (QED) is 0.772. The normalized spacial score (nSPS) is 20.1. The summed E-state index contributed by atoms with van der Waals surface area (Å²) in [5.41, 5.74) is 0.424. The number of amides is 1. The maximum Gasteiger partial charge on any atom is 0.326 e. The van der Waals surface area contributed by atoms with E-state index in [4.69, 9.17) is 5.11 Å².